The molecule has 0 saturated carbocycles. The van der Waals surface area contributed by atoms with E-state index in [1.54, 1.807) is 6.92 Å². The highest BCUT2D eigenvalue weighted by molar-refractivity contribution is 7.56. The Balaban J connectivity index is 2.08. The number of hydrogen-bond donors (Lipinski definition) is 1. The van der Waals surface area contributed by atoms with Crippen molar-refractivity contribution in [2.24, 2.45) is 0 Å². The standard InChI is InChI=1S/C7H13O2P/c1-7(8)6-9-10-4-2-3-5-10/h2,4,7-8H,3,5-6H2,1H3. The number of aliphatic hydroxyl groups is 1. The molecule has 0 saturated heterocycles. The first-order chi connectivity index (χ1) is 4.79. The quantitative estimate of drug-likeness (QED) is 0.636. The van der Waals surface area contributed by atoms with Crippen LogP contribution in [-0.4, -0.2) is 24.0 Å². The Morgan fingerprint density at radius 3 is 3.10 bits per heavy atom. The van der Waals surface area contributed by atoms with Gasteiger partial charge in [-0.3, -0.25) is 0 Å². The van der Waals surface area contributed by atoms with Gasteiger partial charge in [-0.1, -0.05) is 6.08 Å². The maximum absolute atomic E-state index is 8.87. The molecular formula is C7H13O2P. The Kier molecular flexibility index (Phi) is 3.33. The van der Waals surface area contributed by atoms with Crippen LogP contribution < -0.4 is 0 Å². The Bertz CT molecular complexity index is 123. The summed E-state index contributed by atoms with van der Waals surface area (Å²) < 4.78 is 5.39. The van der Waals surface area contributed by atoms with Crippen molar-refractivity contribution >= 4 is 8.15 Å². The van der Waals surface area contributed by atoms with Crippen LogP contribution in [0.3, 0.4) is 0 Å². The van der Waals surface area contributed by atoms with Gasteiger partial charge in [-0.05, 0) is 25.3 Å². The molecule has 1 aliphatic heterocycles. The largest absolute Gasteiger partial charge is 0.391 e. The van der Waals surface area contributed by atoms with Crippen LogP contribution in [0.1, 0.15) is 13.3 Å². The average Bonchev–Trinajstić information content (AvgIpc) is 2.34. The molecular weight excluding hydrogens is 147 g/mol. The molecule has 0 aromatic rings. The topological polar surface area (TPSA) is 29.5 Å². The van der Waals surface area contributed by atoms with E-state index in [4.69, 9.17) is 9.63 Å². The second-order valence-corrected chi connectivity index (χ2v) is 4.30. The van der Waals surface area contributed by atoms with Crippen LogP contribution >= 0.6 is 8.15 Å². The van der Waals surface area contributed by atoms with Gasteiger partial charge in [0.25, 0.3) is 0 Å². The molecule has 10 heavy (non-hydrogen) atoms. The van der Waals surface area contributed by atoms with Gasteiger partial charge in [0.1, 0.15) is 0 Å². The summed E-state index contributed by atoms with van der Waals surface area (Å²) in [4.78, 5) is 0. The van der Waals surface area contributed by atoms with E-state index < -0.39 is 0 Å². The molecule has 2 atom stereocenters. The van der Waals surface area contributed by atoms with Crippen LogP contribution in [0.5, 0.6) is 0 Å². The highest BCUT2D eigenvalue weighted by Gasteiger charge is 2.09. The monoisotopic (exact) mass is 160 g/mol. The third-order valence-corrected chi connectivity index (χ3v) is 2.99. The molecule has 0 aromatic carbocycles. The first kappa shape index (κ1) is 8.19. The van der Waals surface area contributed by atoms with E-state index in [9.17, 15) is 0 Å². The molecule has 0 bridgehead atoms. The van der Waals surface area contributed by atoms with Gasteiger partial charge in [-0.15, -0.1) is 0 Å². The van der Waals surface area contributed by atoms with Crippen molar-refractivity contribution in [1.82, 2.24) is 0 Å². The predicted octanol–water partition coefficient (Wildman–Crippen LogP) is 1.70. The first-order valence-corrected chi connectivity index (χ1v) is 5.05. The van der Waals surface area contributed by atoms with Crippen LogP contribution in [0, 0.1) is 0 Å². The highest BCUT2D eigenvalue weighted by atomic mass is 31.1. The third-order valence-electron chi connectivity index (χ3n) is 1.27. The zero-order valence-corrected chi connectivity index (χ0v) is 7.05. The molecule has 0 radical (unpaired) electrons. The maximum Gasteiger partial charge on any atom is 0.0770 e. The van der Waals surface area contributed by atoms with Gasteiger partial charge in [0.05, 0.1) is 20.9 Å². The van der Waals surface area contributed by atoms with Crippen LogP contribution in [0.15, 0.2) is 11.9 Å². The molecule has 1 aliphatic rings. The molecule has 0 fully saturated rings. The average molecular weight is 160 g/mol. The number of aliphatic hydroxyl groups excluding tert-OH is 1. The molecule has 58 valence electrons. The van der Waals surface area contributed by atoms with E-state index in [0.29, 0.717) is 6.61 Å². The molecule has 1 heterocycles. The summed E-state index contributed by atoms with van der Waals surface area (Å²) in [7, 11) is -0.318. The van der Waals surface area contributed by atoms with E-state index in [1.165, 1.54) is 0 Å². The minimum absolute atomic E-state index is 0.318. The van der Waals surface area contributed by atoms with Crippen LogP contribution in [0.4, 0.5) is 0 Å². The van der Waals surface area contributed by atoms with Gasteiger partial charge in [0.2, 0.25) is 0 Å². The van der Waals surface area contributed by atoms with Crippen LogP contribution in [-0.2, 0) is 4.52 Å². The Morgan fingerprint density at radius 1 is 1.80 bits per heavy atom. The number of hydrogen-bond acceptors (Lipinski definition) is 2. The summed E-state index contributed by atoms with van der Waals surface area (Å²) in [5.74, 6) is 2.12. The Morgan fingerprint density at radius 2 is 2.60 bits per heavy atom. The molecule has 0 aromatic heterocycles. The van der Waals surface area contributed by atoms with E-state index in [2.05, 4.69) is 11.9 Å². The van der Waals surface area contributed by atoms with E-state index in [0.717, 1.165) is 12.6 Å². The van der Waals surface area contributed by atoms with Gasteiger partial charge >= 0.3 is 0 Å². The van der Waals surface area contributed by atoms with Crippen molar-refractivity contribution in [3.8, 4) is 0 Å². The number of rotatable bonds is 3. The lowest BCUT2D eigenvalue weighted by atomic mass is 10.5. The van der Waals surface area contributed by atoms with E-state index in [-0.39, 0.29) is 14.3 Å². The molecule has 1 N–H and O–H groups in total. The van der Waals surface area contributed by atoms with Crippen molar-refractivity contribution in [3.63, 3.8) is 0 Å². The third kappa shape index (κ3) is 2.78. The van der Waals surface area contributed by atoms with Crippen molar-refractivity contribution < 1.29 is 9.63 Å². The molecule has 3 heteroatoms. The predicted molar refractivity (Wildman–Crippen MR) is 43.2 cm³/mol. The molecule has 2 unspecified atom stereocenters. The van der Waals surface area contributed by atoms with E-state index in [1.807, 2.05) is 0 Å². The minimum Gasteiger partial charge on any atom is -0.391 e. The van der Waals surface area contributed by atoms with Crippen LogP contribution in [0.2, 0.25) is 0 Å². The second kappa shape index (κ2) is 4.07. The smallest absolute Gasteiger partial charge is 0.0770 e. The van der Waals surface area contributed by atoms with Crippen molar-refractivity contribution in [2.45, 2.75) is 19.4 Å². The van der Waals surface area contributed by atoms with Gasteiger partial charge in [0.15, 0.2) is 0 Å². The van der Waals surface area contributed by atoms with Gasteiger partial charge in [-0.25, -0.2) is 0 Å². The summed E-state index contributed by atoms with van der Waals surface area (Å²) in [6.45, 7) is 2.23. The van der Waals surface area contributed by atoms with Crippen molar-refractivity contribution in [2.75, 3.05) is 12.8 Å². The summed E-state index contributed by atoms with van der Waals surface area (Å²) in [6.07, 6.45) is 4.11. The zero-order valence-electron chi connectivity index (χ0n) is 6.16. The van der Waals surface area contributed by atoms with Crippen molar-refractivity contribution in [3.05, 3.63) is 11.9 Å². The summed E-state index contributed by atoms with van der Waals surface area (Å²) >= 11 is 0. The zero-order chi connectivity index (χ0) is 7.40. The fourth-order valence-corrected chi connectivity index (χ4v) is 2.34. The SMILES string of the molecule is CC(O)COP1C=CCC1. The molecule has 0 aliphatic carbocycles. The molecule has 0 spiro atoms. The van der Waals surface area contributed by atoms with E-state index >= 15 is 0 Å². The Hall–Kier alpha value is 0.0900. The Labute approximate surface area is 62.7 Å². The van der Waals surface area contributed by atoms with Crippen LogP contribution in [0.25, 0.3) is 0 Å². The maximum atomic E-state index is 8.87. The van der Waals surface area contributed by atoms with Gasteiger partial charge in [0, 0.05) is 0 Å². The number of allylic oxidation sites excluding steroid dienone is 1. The summed E-state index contributed by atoms with van der Waals surface area (Å²) in [5.41, 5.74) is 0. The normalized spacial score (nSPS) is 27.2. The fraction of sp³-hybridized carbons (Fsp3) is 0.714. The minimum atomic E-state index is -0.323. The molecule has 1 rings (SSSR count). The fourth-order valence-electron chi connectivity index (χ4n) is 0.780. The second-order valence-electron chi connectivity index (χ2n) is 2.46. The summed E-state index contributed by atoms with van der Waals surface area (Å²) in [6, 6.07) is 0. The first-order valence-electron chi connectivity index (χ1n) is 3.53. The van der Waals surface area contributed by atoms with Gasteiger partial charge in [-0.2, -0.15) is 0 Å². The lowest BCUT2D eigenvalue weighted by Gasteiger charge is -2.10. The lowest BCUT2D eigenvalue weighted by Crippen LogP contribution is -2.07. The highest BCUT2D eigenvalue weighted by Crippen LogP contribution is 2.43. The molecule has 2 nitrogen and oxygen atoms in total. The van der Waals surface area contributed by atoms with Crippen molar-refractivity contribution in [1.29, 1.82) is 0 Å². The van der Waals surface area contributed by atoms with Gasteiger partial charge < -0.3 is 9.63 Å². The molecule has 0 amide bonds. The lowest BCUT2D eigenvalue weighted by molar-refractivity contribution is 0.131. The summed E-state index contributed by atoms with van der Waals surface area (Å²) in [5, 5.41) is 8.87.